The van der Waals surface area contributed by atoms with Crippen molar-refractivity contribution >= 4 is 17.2 Å². The van der Waals surface area contributed by atoms with Crippen LogP contribution in [0.1, 0.15) is 15.4 Å². The number of hydrogen-bond donors (Lipinski definition) is 0. The lowest BCUT2D eigenvalue weighted by atomic mass is 10.2. The Hall–Kier alpha value is -2.12. The van der Waals surface area contributed by atoms with Crippen molar-refractivity contribution in [3.05, 3.63) is 28.8 Å². The molecule has 1 aromatic carbocycles. The van der Waals surface area contributed by atoms with Crippen molar-refractivity contribution in [2.45, 2.75) is 6.92 Å². The molecule has 0 radical (unpaired) electrons. The molecule has 6 nitrogen and oxygen atoms in total. The molecule has 0 atom stereocenters. The molecule has 0 N–H and O–H groups in total. The maximum absolute atomic E-state index is 12.7. The summed E-state index contributed by atoms with van der Waals surface area (Å²) >= 11 is 1.41. The molecule has 1 aromatic heterocycles. The number of thiazole rings is 1. The molecule has 3 rings (SSSR count). The van der Waals surface area contributed by atoms with Gasteiger partial charge in [-0.05, 0) is 25.1 Å². The zero-order chi connectivity index (χ0) is 17.1. The van der Waals surface area contributed by atoms with Crippen LogP contribution in [0.3, 0.4) is 0 Å². The molecule has 1 fully saturated rings. The van der Waals surface area contributed by atoms with Gasteiger partial charge in [0.1, 0.15) is 9.88 Å². The molecule has 24 heavy (non-hydrogen) atoms. The summed E-state index contributed by atoms with van der Waals surface area (Å²) in [4.78, 5) is 19.8. The Morgan fingerprint density at radius 3 is 2.58 bits per heavy atom. The fourth-order valence-electron chi connectivity index (χ4n) is 2.60. The van der Waals surface area contributed by atoms with Crippen LogP contribution in [0.2, 0.25) is 0 Å². The smallest absolute Gasteiger partial charge is 0.266 e. The molecule has 1 amide bonds. The van der Waals surface area contributed by atoms with E-state index >= 15 is 0 Å². The van der Waals surface area contributed by atoms with Crippen LogP contribution in [0.15, 0.2) is 18.2 Å². The third kappa shape index (κ3) is 3.22. The minimum Gasteiger partial charge on any atom is -0.493 e. The van der Waals surface area contributed by atoms with Gasteiger partial charge in [-0.1, -0.05) is 0 Å². The van der Waals surface area contributed by atoms with E-state index in [1.165, 1.54) is 11.3 Å². The normalized spacial score (nSPS) is 14.5. The quantitative estimate of drug-likeness (QED) is 0.850. The molecule has 0 aliphatic carbocycles. The lowest BCUT2D eigenvalue weighted by molar-refractivity contribution is 0.0305. The Labute approximate surface area is 145 Å². The fourth-order valence-corrected chi connectivity index (χ4v) is 3.63. The van der Waals surface area contributed by atoms with Crippen molar-refractivity contribution in [2.75, 3.05) is 40.5 Å². The fraction of sp³-hybridized carbons (Fsp3) is 0.412. The van der Waals surface area contributed by atoms with Crippen molar-refractivity contribution in [1.82, 2.24) is 9.88 Å². The summed E-state index contributed by atoms with van der Waals surface area (Å²) in [5.74, 6) is 1.34. The average molecular weight is 348 g/mol. The molecule has 7 heteroatoms. The Balaban J connectivity index is 1.89. The summed E-state index contributed by atoms with van der Waals surface area (Å²) in [7, 11) is 3.20. The number of aromatic nitrogens is 1. The predicted octanol–water partition coefficient (Wildman–Crippen LogP) is 2.61. The van der Waals surface area contributed by atoms with E-state index in [0.29, 0.717) is 42.7 Å². The Kier molecular flexibility index (Phi) is 5.01. The maximum atomic E-state index is 12.7. The lowest BCUT2D eigenvalue weighted by Crippen LogP contribution is -2.40. The Morgan fingerprint density at radius 1 is 1.21 bits per heavy atom. The van der Waals surface area contributed by atoms with Crippen LogP contribution in [0.25, 0.3) is 10.6 Å². The van der Waals surface area contributed by atoms with E-state index in [0.717, 1.165) is 16.3 Å². The standard InChI is InChI=1S/C17H20N2O4S/c1-11-15(17(20)19-6-8-23-9-7-19)24-16(18-11)12-4-5-13(21-2)14(10-12)22-3/h4-5,10H,6-9H2,1-3H3. The molecule has 1 aliphatic heterocycles. The number of amides is 1. The second kappa shape index (κ2) is 7.19. The van der Waals surface area contributed by atoms with Crippen LogP contribution in [-0.4, -0.2) is 56.3 Å². The van der Waals surface area contributed by atoms with Crippen molar-refractivity contribution in [2.24, 2.45) is 0 Å². The van der Waals surface area contributed by atoms with Crippen LogP contribution < -0.4 is 9.47 Å². The van der Waals surface area contributed by atoms with E-state index in [2.05, 4.69) is 4.98 Å². The highest BCUT2D eigenvalue weighted by atomic mass is 32.1. The number of hydrogen-bond acceptors (Lipinski definition) is 6. The van der Waals surface area contributed by atoms with Crippen molar-refractivity contribution in [3.63, 3.8) is 0 Å². The third-order valence-corrected chi connectivity index (χ3v) is 5.11. The average Bonchev–Trinajstić information content (AvgIpc) is 3.03. The molecule has 0 bridgehead atoms. The van der Waals surface area contributed by atoms with Gasteiger partial charge in [0.2, 0.25) is 0 Å². The first-order chi connectivity index (χ1) is 11.6. The van der Waals surface area contributed by atoms with E-state index in [-0.39, 0.29) is 5.91 Å². The summed E-state index contributed by atoms with van der Waals surface area (Å²) < 4.78 is 15.9. The first-order valence-corrected chi connectivity index (χ1v) is 8.52. The first kappa shape index (κ1) is 16.7. The van der Waals surface area contributed by atoms with E-state index in [1.54, 1.807) is 14.2 Å². The summed E-state index contributed by atoms with van der Waals surface area (Å²) in [6.45, 7) is 4.30. The van der Waals surface area contributed by atoms with Crippen LogP contribution >= 0.6 is 11.3 Å². The SMILES string of the molecule is COc1ccc(-c2nc(C)c(C(=O)N3CCOCC3)s2)cc1OC. The summed E-state index contributed by atoms with van der Waals surface area (Å²) in [6.07, 6.45) is 0. The number of carbonyl (C=O) groups is 1. The second-order valence-electron chi connectivity index (χ2n) is 5.41. The number of rotatable bonds is 4. The predicted molar refractivity (Wildman–Crippen MR) is 92.1 cm³/mol. The molecule has 0 saturated carbocycles. The van der Waals surface area contributed by atoms with E-state index in [1.807, 2.05) is 30.0 Å². The van der Waals surface area contributed by atoms with Gasteiger partial charge in [0, 0.05) is 18.7 Å². The molecule has 0 spiro atoms. The van der Waals surface area contributed by atoms with Crippen molar-refractivity contribution < 1.29 is 19.0 Å². The van der Waals surface area contributed by atoms with Crippen LogP contribution in [0.4, 0.5) is 0 Å². The first-order valence-electron chi connectivity index (χ1n) is 7.71. The summed E-state index contributed by atoms with van der Waals surface area (Å²) in [5.41, 5.74) is 1.66. The Morgan fingerprint density at radius 2 is 1.92 bits per heavy atom. The van der Waals surface area contributed by atoms with E-state index in [4.69, 9.17) is 14.2 Å². The molecular formula is C17H20N2O4S. The van der Waals surface area contributed by atoms with Crippen LogP contribution in [0.5, 0.6) is 11.5 Å². The molecule has 128 valence electrons. The van der Waals surface area contributed by atoms with Gasteiger partial charge in [0.05, 0.1) is 33.1 Å². The second-order valence-corrected chi connectivity index (χ2v) is 6.41. The van der Waals surface area contributed by atoms with Crippen molar-refractivity contribution in [1.29, 1.82) is 0 Å². The molecule has 2 aromatic rings. The number of nitrogens with zero attached hydrogens (tertiary/aromatic N) is 2. The number of ether oxygens (including phenoxy) is 3. The summed E-state index contributed by atoms with van der Waals surface area (Å²) in [5, 5.41) is 0.796. The molecule has 1 saturated heterocycles. The van der Waals surface area contributed by atoms with Gasteiger partial charge >= 0.3 is 0 Å². The van der Waals surface area contributed by atoms with Crippen molar-refractivity contribution in [3.8, 4) is 22.1 Å². The third-order valence-electron chi connectivity index (χ3n) is 3.92. The summed E-state index contributed by atoms with van der Waals surface area (Å²) in [6, 6.07) is 5.64. The zero-order valence-electron chi connectivity index (χ0n) is 14.0. The van der Waals surface area contributed by atoms with E-state index in [9.17, 15) is 4.79 Å². The van der Waals surface area contributed by atoms with Crippen LogP contribution in [0, 0.1) is 6.92 Å². The van der Waals surface area contributed by atoms with Gasteiger partial charge in [-0.2, -0.15) is 0 Å². The topological polar surface area (TPSA) is 60.9 Å². The highest BCUT2D eigenvalue weighted by Crippen LogP contribution is 2.35. The lowest BCUT2D eigenvalue weighted by Gasteiger charge is -2.26. The van der Waals surface area contributed by atoms with Gasteiger partial charge < -0.3 is 19.1 Å². The van der Waals surface area contributed by atoms with Gasteiger partial charge in [-0.25, -0.2) is 4.98 Å². The molecule has 0 unspecified atom stereocenters. The minimum absolute atomic E-state index is 0.0278. The maximum Gasteiger partial charge on any atom is 0.266 e. The molecular weight excluding hydrogens is 328 g/mol. The zero-order valence-corrected chi connectivity index (χ0v) is 14.8. The largest absolute Gasteiger partial charge is 0.493 e. The van der Waals surface area contributed by atoms with E-state index < -0.39 is 0 Å². The molecule has 2 heterocycles. The molecule has 1 aliphatic rings. The minimum atomic E-state index is 0.0278. The van der Waals surface area contributed by atoms with Gasteiger partial charge in [-0.3, -0.25) is 4.79 Å². The number of morpholine rings is 1. The highest BCUT2D eigenvalue weighted by molar-refractivity contribution is 7.17. The number of carbonyl (C=O) groups excluding carboxylic acids is 1. The van der Waals surface area contributed by atoms with Gasteiger partial charge in [0.25, 0.3) is 5.91 Å². The van der Waals surface area contributed by atoms with Gasteiger partial charge in [0.15, 0.2) is 11.5 Å². The Bertz CT molecular complexity index is 738. The highest BCUT2D eigenvalue weighted by Gasteiger charge is 2.23. The number of aryl methyl sites for hydroxylation is 1. The monoisotopic (exact) mass is 348 g/mol. The van der Waals surface area contributed by atoms with Gasteiger partial charge in [-0.15, -0.1) is 11.3 Å². The van der Waals surface area contributed by atoms with Crippen LogP contribution in [-0.2, 0) is 4.74 Å². The number of benzene rings is 1. The number of methoxy groups -OCH3 is 2.